The van der Waals surface area contributed by atoms with Gasteiger partial charge in [-0.05, 0) is 0 Å². The van der Waals surface area contributed by atoms with Gasteiger partial charge in [-0.1, -0.05) is 13.8 Å². The monoisotopic (exact) mass is 1380 g/mol. The van der Waals surface area contributed by atoms with Crippen LogP contribution in [0.2, 0.25) is 0 Å². The van der Waals surface area contributed by atoms with E-state index in [1.54, 1.807) is 0 Å². The van der Waals surface area contributed by atoms with E-state index in [-0.39, 0.29) is 59.1 Å². The Balaban J connectivity index is 0.000000364. The molecule has 8 bridgehead atoms. The van der Waals surface area contributed by atoms with E-state index in [0.29, 0.717) is 0 Å². The Kier molecular flexibility index (Phi) is 34.1. The molecule has 0 spiro atoms. The van der Waals surface area contributed by atoms with Crippen LogP contribution in [0, 0.1) is 0 Å². The summed E-state index contributed by atoms with van der Waals surface area (Å²) < 4.78 is 31.6. The van der Waals surface area contributed by atoms with E-state index in [1.165, 1.54) is 0 Å². The van der Waals surface area contributed by atoms with Gasteiger partial charge in [-0.15, -0.1) is 0 Å². The largest absolute Gasteiger partial charge is 1.00 e. The van der Waals surface area contributed by atoms with Gasteiger partial charge in [0.1, 0.15) is 214 Å². The number of carbonyl (C=O) groups excluding carboxylic acids is 1. The average Bonchev–Trinajstić information content (AvgIpc) is 0.679. The molecule has 5 atom stereocenters. The van der Waals surface area contributed by atoms with Crippen molar-refractivity contribution in [2.45, 2.75) is 264 Å². The van der Waals surface area contributed by atoms with E-state index in [1.807, 2.05) is 13.8 Å². The molecule has 6 aliphatic heterocycles. The molecule has 0 aromatic rings. The second-order valence-corrected chi connectivity index (χ2v) is 22.3. The first kappa shape index (κ1) is 88.2. The zero-order chi connectivity index (χ0) is 69.5. The van der Waals surface area contributed by atoms with Crippen molar-refractivity contribution >= 4 is 19.7 Å². The zero-order valence-corrected chi connectivity index (χ0v) is 52.7. The van der Waals surface area contributed by atoms with Crippen LogP contribution in [0.1, 0.15) is 13.8 Å². The molecular formula is C44H84B2Na2O44. The van der Waals surface area contributed by atoms with Crippen molar-refractivity contribution in [3.05, 3.63) is 0 Å². The molecule has 3 unspecified atom stereocenters. The second kappa shape index (κ2) is 35.6. The Hall–Kier alpha value is 0.0799. The maximum absolute atomic E-state index is 10.8. The van der Waals surface area contributed by atoms with Crippen LogP contribution in [0.15, 0.2) is 0 Å². The molecule has 532 valence electrons. The minimum Gasteiger partial charge on any atom is -0.533 e. The molecular weight excluding hydrogens is 1300 g/mol. The standard InChI is InChI=1S/C6H8B2O8.5C6H12O6.C6H10O6.C2H6.2Na/c9-7-11-1-2-4(14-7)6-5(15-7)3(1)13-8(10,12-2)16-6;6*7-1-2(8)4(10)6(12)5(11)3(1)9;1-2;;/h1-6,9-10H;5*1-12H;1-5,7-11H;1-2H3;;/q-2;;;;;;;;2*+1/t;;;;;;1?,2-,3?,4?,5-;;;/m......0.../s1. The van der Waals surface area contributed by atoms with Crippen molar-refractivity contribution < 1.29 is 281 Å². The maximum Gasteiger partial charge on any atom is 1.00 e. The fourth-order valence-electron chi connectivity index (χ4n) is 10.6. The molecule has 13 aliphatic rings. The summed E-state index contributed by atoms with van der Waals surface area (Å²) in [5.74, 6) is -1.08. The van der Waals surface area contributed by atoms with Crippen LogP contribution >= 0.6 is 0 Å². The van der Waals surface area contributed by atoms with Crippen molar-refractivity contribution in [3.8, 4) is 0 Å². The molecule has 6 heterocycles. The number of aliphatic hydroxyl groups is 35. The fourth-order valence-corrected chi connectivity index (χ4v) is 10.6. The summed E-state index contributed by atoms with van der Waals surface area (Å²) >= 11 is 0. The molecule has 6 saturated heterocycles. The Bertz CT molecular complexity index is 1600. The molecule has 0 amide bonds. The van der Waals surface area contributed by atoms with E-state index in [4.69, 9.17) is 207 Å². The van der Waals surface area contributed by atoms with Crippen LogP contribution in [-0.2, 0) is 32.7 Å². The third kappa shape index (κ3) is 18.2. The maximum atomic E-state index is 10.8. The summed E-state index contributed by atoms with van der Waals surface area (Å²) in [7, 11) is 0. The van der Waals surface area contributed by atoms with Crippen molar-refractivity contribution in [1.82, 2.24) is 0 Å². The Morgan fingerprint density at radius 2 is 0.272 bits per heavy atom. The van der Waals surface area contributed by atoms with E-state index < -0.39 is 270 Å². The van der Waals surface area contributed by atoms with Crippen LogP contribution < -0.4 is 59.1 Å². The first-order chi connectivity index (χ1) is 41.4. The molecule has 37 N–H and O–H groups in total. The Labute approximate surface area is 561 Å². The topological polar surface area (TPSA) is 821 Å². The molecule has 92 heavy (non-hydrogen) atoms. The molecule has 44 nitrogen and oxygen atoms in total. The summed E-state index contributed by atoms with van der Waals surface area (Å²) in [6.07, 6.45) is -60.9. The quantitative estimate of drug-likeness (QED) is 0.100. The van der Waals surface area contributed by atoms with Gasteiger partial charge in [0.25, 0.3) is 0 Å². The zero-order valence-electron chi connectivity index (χ0n) is 48.7. The first-order valence-corrected chi connectivity index (χ1v) is 27.5. The van der Waals surface area contributed by atoms with Gasteiger partial charge < -0.3 is 217 Å². The van der Waals surface area contributed by atoms with Crippen molar-refractivity contribution in [2.75, 3.05) is 0 Å². The van der Waals surface area contributed by atoms with Gasteiger partial charge in [-0.2, -0.15) is 0 Å². The van der Waals surface area contributed by atoms with E-state index in [0.717, 1.165) is 0 Å². The van der Waals surface area contributed by atoms with Crippen LogP contribution in [0.25, 0.3) is 0 Å². The summed E-state index contributed by atoms with van der Waals surface area (Å²) in [5, 5.41) is 333. The molecule has 0 aromatic carbocycles. The Morgan fingerprint density at radius 1 is 0.196 bits per heavy atom. The summed E-state index contributed by atoms with van der Waals surface area (Å²) in [6, 6.07) is 0. The van der Waals surface area contributed by atoms with Gasteiger partial charge in [0.05, 0.1) is 36.6 Å². The van der Waals surface area contributed by atoms with Gasteiger partial charge in [-0.3, -0.25) is 4.79 Å². The SMILES string of the molecule is CC.O=C1C(O)[C@@H](O)C(O)C(O)[C@@H]1O.OC1C(O)C(O)C(O)C(O)C1O.OC1C(O)C(O)C(O)C(O)C1O.OC1C(O)C(O)C(O)C(O)C1O.OC1C(O)C(O)C(O)C(O)C1O.OC1C(O)C(O)C(O)C(O)C1O.O[B-]12OC3C4O[B-]5(O)OC3C(O1)C(O5)C4O2.[Na+].[Na+]. The van der Waals surface area contributed by atoms with Crippen LogP contribution in [-0.4, -0.2) is 459 Å². The molecule has 0 aromatic heterocycles. The van der Waals surface area contributed by atoms with Crippen molar-refractivity contribution in [3.63, 3.8) is 0 Å². The van der Waals surface area contributed by atoms with E-state index >= 15 is 0 Å². The number of hydrogen-bond donors (Lipinski definition) is 37. The van der Waals surface area contributed by atoms with Crippen LogP contribution in [0.5, 0.6) is 0 Å². The molecule has 13 fully saturated rings. The number of carbonyl (C=O) groups is 1. The normalized spacial score (nSPS) is 55.6. The Morgan fingerprint density at radius 3 is 0.359 bits per heavy atom. The van der Waals surface area contributed by atoms with Gasteiger partial charge in [0.15, 0.2) is 5.78 Å². The minimum atomic E-state index is -2.70. The predicted octanol–water partition coefficient (Wildman–Crippen LogP) is -30.5. The summed E-state index contributed by atoms with van der Waals surface area (Å²) in [6.45, 7) is -1.40. The van der Waals surface area contributed by atoms with Crippen molar-refractivity contribution in [1.29, 1.82) is 0 Å². The molecule has 13 rings (SSSR count). The first-order valence-electron chi connectivity index (χ1n) is 27.5. The van der Waals surface area contributed by atoms with Gasteiger partial charge >= 0.3 is 73.0 Å². The van der Waals surface area contributed by atoms with Crippen molar-refractivity contribution in [2.24, 2.45) is 0 Å². The second-order valence-electron chi connectivity index (χ2n) is 22.3. The smallest absolute Gasteiger partial charge is 0.533 e. The molecule has 7 saturated carbocycles. The predicted molar refractivity (Wildman–Crippen MR) is 272 cm³/mol. The molecule has 48 heteroatoms. The number of Topliss-reactive ketones (excluding diaryl/α,β-unsaturated/α-hetero) is 1. The fraction of sp³-hybridized carbons (Fsp3) is 0.977. The van der Waals surface area contributed by atoms with Gasteiger partial charge in [0.2, 0.25) is 0 Å². The van der Waals surface area contributed by atoms with E-state index in [9.17, 15) is 14.8 Å². The number of ketones is 1. The van der Waals surface area contributed by atoms with Gasteiger partial charge in [-0.25, -0.2) is 0 Å². The van der Waals surface area contributed by atoms with Gasteiger partial charge in [0, 0.05) is 0 Å². The molecule has 7 aliphatic carbocycles. The number of rotatable bonds is 0. The van der Waals surface area contributed by atoms with Crippen LogP contribution in [0.3, 0.4) is 0 Å². The van der Waals surface area contributed by atoms with Crippen LogP contribution in [0.4, 0.5) is 0 Å². The summed E-state index contributed by atoms with van der Waals surface area (Å²) in [4.78, 5) is 10.8. The number of hydrogen-bond acceptors (Lipinski definition) is 44. The van der Waals surface area contributed by atoms with E-state index in [2.05, 4.69) is 0 Å². The third-order valence-corrected chi connectivity index (χ3v) is 16.3. The molecule has 0 radical (unpaired) electrons. The average molecular weight is 1380 g/mol. The summed E-state index contributed by atoms with van der Waals surface area (Å²) in [5.41, 5.74) is 0. The number of aliphatic hydroxyl groups excluding tert-OH is 35. The third-order valence-electron chi connectivity index (χ3n) is 16.3. The minimum absolute atomic E-state index is 0.